The molecule has 0 radical (unpaired) electrons. The van der Waals surface area contributed by atoms with Crippen LogP contribution in [0.15, 0.2) is 223 Å². The molecule has 304 valence electrons. The zero-order valence-corrected chi connectivity index (χ0v) is 34.9. The molecule has 0 aliphatic rings. The van der Waals surface area contributed by atoms with E-state index in [1.165, 1.54) is 26.9 Å². The molecule has 0 spiro atoms. The Hall–Kier alpha value is -8.87. The molecule has 0 saturated heterocycles. The van der Waals surface area contributed by atoms with E-state index < -0.39 is 0 Å². The summed E-state index contributed by atoms with van der Waals surface area (Å²) in [6.07, 6.45) is 3.94. The summed E-state index contributed by atoms with van der Waals surface area (Å²) in [6, 6.07) is 72.9. The van der Waals surface area contributed by atoms with Crippen molar-refractivity contribution >= 4 is 87.4 Å². The highest BCUT2D eigenvalue weighted by Crippen LogP contribution is 2.41. The number of hydrogen-bond donors (Lipinski definition) is 0. The predicted molar refractivity (Wildman–Crippen MR) is 266 cm³/mol. The van der Waals surface area contributed by atoms with Crippen molar-refractivity contribution in [3.05, 3.63) is 219 Å². The number of nitrogens with zero attached hydrogens (tertiary/aromatic N) is 4. The van der Waals surface area contributed by atoms with Gasteiger partial charge < -0.3 is 22.9 Å². The highest BCUT2D eigenvalue weighted by molar-refractivity contribution is 6.13. The molecule has 9 aromatic carbocycles. The lowest BCUT2D eigenvalue weighted by atomic mass is 10.0. The molecule has 0 saturated carbocycles. The van der Waals surface area contributed by atoms with Crippen molar-refractivity contribution in [1.82, 2.24) is 18.7 Å². The minimum Gasteiger partial charge on any atom is -0.457 e. The van der Waals surface area contributed by atoms with Crippen LogP contribution in [0.1, 0.15) is 0 Å². The van der Waals surface area contributed by atoms with Gasteiger partial charge in [-0.1, -0.05) is 103 Å². The van der Waals surface area contributed by atoms with Crippen molar-refractivity contribution < 1.29 is 9.15 Å². The maximum absolute atomic E-state index is 6.49. The van der Waals surface area contributed by atoms with Crippen LogP contribution in [-0.4, -0.2) is 18.7 Å². The third kappa shape index (κ3) is 5.44. The lowest BCUT2D eigenvalue weighted by Crippen LogP contribution is -1.99. The summed E-state index contributed by atoms with van der Waals surface area (Å²) < 4.78 is 19.8. The van der Waals surface area contributed by atoms with E-state index in [1.807, 2.05) is 42.7 Å². The Labute approximate surface area is 372 Å². The number of ether oxygens (including phenoxy) is 1. The van der Waals surface area contributed by atoms with Crippen molar-refractivity contribution in [2.75, 3.05) is 0 Å². The first-order valence-electron chi connectivity index (χ1n) is 21.9. The van der Waals surface area contributed by atoms with E-state index >= 15 is 0 Å². The summed E-state index contributed by atoms with van der Waals surface area (Å²) in [5.41, 5.74) is 13.9. The standard InChI is InChI=1S/C59H36N4O2/c1-2-12-42(13-3-1)64-43-25-27-57-49(34-43)47-17-7-10-20-54(47)61(57)39-24-29-59-51(33-39)50-31-38(23-28-58(50)65-59)37-22-26-56-48(30-37)46-16-6-11-21-55(46)63(56)41-32-40(35-60-36-41)62-52-18-8-4-14-44(52)45-15-5-9-19-53(45)62/h1-36H. The van der Waals surface area contributed by atoms with Crippen molar-refractivity contribution in [3.63, 3.8) is 0 Å². The van der Waals surface area contributed by atoms with Crippen molar-refractivity contribution in [3.8, 4) is 39.7 Å². The molecule has 0 atom stereocenters. The topological polar surface area (TPSA) is 50.1 Å². The zero-order chi connectivity index (χ0) is 42.6. The smallest absolute Gasteiger partial charge is 0.135 e. The Morgan fingerprint density at radius 2 is 0.754 bits per heavy atom. The monoisotopic (exact) mass is 832 g/mol. The molecule has 0 aliphatic carbocycles. The summed E-state index contributed by atoms with van der Waals surface area (Å²) in [7, 11) is 0. The summed E-state index contributed by atoms with van der Waals surface area (Å²) in [6.45, 7) is 0. The van der Waals surface area contributed by atoms with E-state index in [1.54, 1.807) is 0 Å². The number of rotatable bonds is 6. The second-order valence-corrected chi connectivity index (χ2v) is 16.8. The lowest BCUT2D eigenvalue weighted by molar-refractivity contribution is 0.483. The van der Waals surface area contributed by atoms with Gasteiger partial charge in [0.1, 0.15) is 22.7 Å². The molecule has 0 amide bonds. The molecular formula is C59H36N4O2. The molecule has 6 heteroatoms. The second-order valence-electron chi connectivity index (χ2n) is 16.8. The average molecular weight is 833 g/mol. The summed E-state index contributed by atoms with van der Waals surface area (Å²) in [5, 5.41) is 9.29. The maximum atomic E-state index is 6.49. The van der Waals surface area contributed by atoms with Gasteiger partial charge in [-0.2, -0.15) is 0 Å². The fourth-order valence-corrected chi connectivity index (χ4v) is 10.3. The summed E-state index contributed by atoms with van der Waals surface area (Å²) in [5.74, 6) is 1.62. The van der Waals surface area contributed by atoms with Gasteiger partial charge in [0.05, 0.1) is 56.9 Å². The van der Waals surface area contributed by atoms with Crippen molar-refractivity contribution in [2.45, 2.75) is 0 Å². The van der Waals surface area contributed by atoms with Gasteiger partial charge in [-0.05, 0) is 114 Å². The Morgan fingerprint density at radius 3 is 1.37 bits per heavy atom. The van der Waals surface area contributed by atoms with Crippen LogP contribution < -0.4 is 4.74 Å². The first kappa shape index (κ1) is 35.7. The number of furan rings is 1. The number of pyridine rings is 1. The molecule has 6 nitrogen and oxygen atoms in total. The second kappa shape index (κ2) is 13.8. The molecular weight excluding hydrogens is 797 g/mol. The summed E-state index contributed by atoms with van der Waals surface area (Å²) in [4.78, 5) is 4.85. The number of fused-ring (bicyclic) bond motifs is 12. The van der Waals surface area contributed by atoms with Gasteiger partial charge in [0.25, 0.3) is 0 Å². The SMILES string of the molecule is c1ccc(Oc2ccc3c(c2)c2ccccc2n3-c2ccc3oc4ccc(-c5ccc6c(c5)c5ccccc5n6-c5cncc(-n6c7ccccc7c7ccccc76)c5)cc4c3c2)cc1. The fraction of sp³-hybridized carbons (Fsp3) is 0. The van der Waals surface area contributed by atoms with E-state index in [0.29, 0.717) is 0 Å². The molecule has 0 fully saturated rings. The van der Waals surface area contributed by atoms with Crippen LogP contribution in [0.5, 0.6) is 11.5 Å². The first-order valence-corrected chi connectivity index (χ1v) is 21.9. The van der Waals surface area contributed by atoms with Crippen LogP contribution in [0, 0.1) is 0 Å². The Balaban J connectivity index is 0.880. The quantitative estimate of drug-likeness (QED) is 0.168. The van der Waals surface area contributed by atoms with E-state index in [4.69, 9.17) is 14.1 Å². The zero-order valence-electron chi connectivity index (χ0n) is 34.9. The van der Waals surface area contributed by atoms with Crippen LogP contribution in [0.3, 0.4) is 0 Å². The summed E-state index contributed by atoms with van der Waals surface area (Å²) >= 11 is 0. The Morgan fingerprint density at radius 1 is 0.308 bits per heavy atom. The van der Waals surface area contributed by atoms with Gasteiger partial charge in [0, 0.05) is 48.8 Å². The first-order chi connectivity index (χ1) is 32.2. The van der Waals surface area contributed by atoms with Gasteiger partial charge in [-0.15, -0.1) is 0 Å². The van der Waals surface area contributed by atoms with Gasteiger partial charge >= 0.3 is 0 Å². The third-order valence-electron chi connectivity index (χ3n) is 13.1. The minimum atomic E-state index is 0.805. The van der Waals surface area contributed by atoms with Gasteiger partial charge in [0.2, 0.25) is 0 Å². The van der Waals surface area contributed by atoms with Gasteiger partial charge in [0.15, 0.2) is 0 Å². The van der Waals surface area contributed by atoms with Crippen LogP contribution in [0.25, 0.3) is 116 Å². The molecule has 14 rings (SSSR count). The lowest BCUT2D eigenvalue weighted by Gasteiger charge is -2.12. The minimum absolute atomic E-state index is 0.805. The van der Waals surface area contributed by atoms with Gasteiger partial charge in [-0.3, -0.25) is 4.98 Å². The largest absolute Gasteiger partial charge is 0.457 e. The fourth-order valence-electron chi connectivity index (χ4n) is 10.3. The number of para-hydroxylation sites is 5. The molecule has 14 aromatic rings. The molecule has 65 heavy (non-hydrogen) atoms. The van der Waals surface area contributed by atoms with Crippen LogP contribution in [0.4, 0.5) is 0 Å². The molecule has 0 aliphatic heterocycles. The molecule has 5 aromatic heterocycles. The van der Waals surface area contributed by atoms with Crippen molar-refractivity contribution in [2.24, 2.45) is 0 Å². The third-order valence-corrected chi connectivity index (χ3v) is 13.1. The predicted octanol–water partition coefficient (Wildman–Crippen LogP) is 15.7. The Kier molecular flexibility index (Phi) is 7.59. The molecule has 0 bridgehead atoms. The van der Waals surface area contributed by atoms with E-state index in [9.17, 15) is 0 Å². The molecule has 0 unspecified atom stereocenters. The number of aromatic nitrogens is 4. The number of hydrogen-bond acceptors (Lipinski definition) is 3. The van der Waals surface area contributed by atoms with Crippen LogP contribution in [0.2, 0.25) is 0 Å². The van der Waals surface area contributed by atoms with Crippen LogP contribution >= 0.6 is 0 Å². The van der Waals surface area contributed by atoms with Gasteiger partial charge in [-0.25, -0.2) is 0 Å². The highest BCUT2D eigenvalue weighted by atomic mass is 16.5. The van der Waals surface area contributed by atoms with E-state index in [2.05, 4.69) is 190 Å². The van der Waals surface area contributed by atoms with Crippen molar-refractivity contribution in [1.29, 1.82) is 0 Å². The number of benzene rings is 9. The normalized spacial score (nSPS) is 12.0. The molecule has 0 N–H and O–H groups in total. The average Bonchev–Trinajstić information content (AvgIpc) is 4.10. The Bertz CT molecular complexity index is 4170. The van der Waals surface area contributed by atoms with E-state index in [-0.39, 0.29) is 0 Å². The molecule has 5 heterocycles. The van der Waals surface area contributed by atoms with Crippen LogP contribution in [-0.2, 0) is 0 Å². The highest BCUT2D eigenvalue weighted by Gasteiger charge is 2.19. The van der Waals surface area contributed by atoms with E-state index in [0.717, 1.165) is 100 Å². The maximum Gasteiger partial charge on any atom is 0.135 e.